The summed E-state index contributed by atoms with van der Waals surface area (Å²) < 4.78 is 10.3. The van der Waals surface area contributed by atoms with Crippen LogP contribution in [-0.4, -0.2) is 40.9 Å². The maximum atomic E-state index is 12.5. The molecule has 2 aromatic carbocycles. The molecule has 0 spiro atoms. The number of ether oxygens (including phenoxy) is 2. The van der Waals surface area contributed by atoms with Gasteiger partial charge in [0, 0.05) is 18.6 Å². The van der Waals surface area contributed by atoms with Crippen LogP contribution in [0.25, 0.3) is 0 Å². The molecule has 0 saturated carbocycles. The molecule has 0 aliphatic carbocycles. The molecule has 3 amide bonds. The normalized spacial score (nSPS) is 12.0. The highest BCUT2D eigenvalue weighted by Crippen LogP contribution is 2.13. The van der Waals surface area contributed by atoms with E-state index in [-0.39, 0.29) is 31.7 Å². The van der Waals surface area contributed by atoms with Gasteiger partial charge in [0.05, 0.1) is 4.92 Å². The number of non-ortho nitro benzene ring substituents is 1. The minimum absolute atomic E-state index is 0.0111. The molecule has 0 radical (unpaired) electrons. The number of nitro groups is 1. The Morgan fingerprint density at radius 2 is 1.54 bits per heavy atom. The number of nitro benzene ring substituents is 1. The van der Waals surface area contributed by atoms with E-state index in [0.29, 0.717) is 5.56 Å². The molecular weight excluding hydrogens is 460 g/mol. The topological polar surface area (TPSA) is 180 Å². The van der Waals surface area contributed by atoms with Crippen molar-refractivity contribution < 1.29 is 33.6 Å². The van der Waals surface area contributed by atoms with Gasteiger partial charge in [-0.2, -0.15) is 0 Å². The molecule has 2 aromatic rings. The van der Waals surface area contributed by atoms with Crippen molar-refractivity contribution in [1.82, 2.24) is 10.6 Å². The van der Waals surface area contributed by atoms with E-state index in [0.717, 1.165) is 5.56 Å². The molecule has 0 saturated heterocycles. The van der Waals surface area contributed by atoms with Crippen LogP contribution in [0.5, 0.6) is 0 Å². The van der Waals surface area contributed by atoms with E-state index in [2.05, 4.69) is 10.6 Å². The second-order valence-corrected chi connectivity index (χ2v) is 7.53. The number of esters is 1. The Bertz CT molecular complexity index is 1040. The summed E-state index contributed by atoms with van der Waals surface area (Å²) in [5, 5.41) is 15.5. The number of alkyl carbamates (subject to hydrolysis) is 1. The van der Waals surface area contributed by atoms with E-state index < -0.39 is 40.9 Å². The molecular formula is C23H26N4O8. The fourth-order valence-electron chi connectivity index (χ4n) is 2.81. The predicted molar refractivity (Wildman–Crippen MR) is 122 cm³/mol. The van der Waals surface area contributed by atoms with Crippen molar-refractivity contribution in [2.45, 2.75) is 45.1 Å². The minimum atomic E-state index is -1.21. The Hall–Kier alpha value is -4.48. The Kier molecular flexibility index (Phi) is 10.2. The van der Waals surface area contributed by atoms with Gasteiger partial charge in [0.1, 0.15) is 25.3 Å². The Balaban J connectivity index is 1.90. The van der Waals surface area contributed by atoms with Gasteiger partial charge in [0.25, 0.3) is 5.69 Å². The van der Waals surface area contributed by atoms with Crippen molar-refractivity contribution in [1.29, 1.82) is 0 Å². The van der Waals surface area contributed by atoms with Gasteiger partial charge in [0.2, 0.25) is 11.8 Å². The van der Waals surface area contributed by atoms with E-state index in [1.165, 1.54) is 31.2 Å². The molecule has 0 fully saturated rings. The van der Waals surface area contributed by atoms with Gasteiger partial charge in [-0.25, -0.2) is 9.59 Å². The highest BCUT2D eigenvalue weighted by atomic mass is 16.6. The molecule has 2 rings (SSSR count). The standard InChI is InChI=1S/C23H26N4O8/c1-15(25-23(31)35-14-16-5-3-2-4-6-16)21(29)26-19(11-12-20(24)28)22(30)34-13-17-7-9-18(10-8-17)27(32)33/h2-10,15,19H,11-14H2,1H3,(H2,24,28)(H,25,31)(H,26,29)/t15-,19+/m1/s1. The predicted octanol–water partition coefficient (Wildman–Crippen LogP) is 1.70. The highest BCUT2D eigenvalue weighted by molar-refractivity contribution is 5.89. The second kappa shape index (κ2) is 13.3. The molecule has 35 heavy (non-hydrogen) atoms. The zero-order valence-corrected chi connectivity index (χ0v) is 19.0. The number of carbonyl (C=O) groups excluding carboxylic acids is 4. The van der Waals surface area contributed by atoms with E-state index in [4.69, 9.17) is 15.2 Å². The summed E-state index contributed by atoms with van der Waals surface area (Å²) in [4.78, 5) is 58.4. The molecule has 12 heteroatoms. The summed E-state index contributed by atoms with van der Waals surface area (Å²) in [5.74, 6) is -2.22. The van der Waals surface area contributed by atoms with E-state index in [1.54, 1.807) is 24.3 Å². The molecule has 0 heterocycles. The van der Waals surface area contributed by atoms with Gasteiger partial charge >= 0.3 is 12.1 Å². The van der Waals surface area contributed by atoms with Gasteiger partial charge in [-0.05, 0) is 36.6 Å². The molecule has 12 nitrogen and oxygen atoms in total. The Morgan fingerprint density at radius 3 is 2.14 bits per heavy atom. The lowest BCUT2D eigenvalue weighted by Crippen LogP contribution is -2.51. The lowest BCUT2D eigenvalue weighted by molar-refractivity contribution is -0.384. The van der Waals surface area contributed by atoms with Crippen LogP contribution in [-0.2, 0) is 37.1 Å². The van der Waals surface area contributed by atoms with Crippen molar-refractivity contribution in [3.63, 3.8) is 0 Å². The molecule has 2 atom stereocenters. The first-order valence-electron chi connectivity index (χ1n) is 10.6. The van der Waals surface area contributed by atoms with Crippen LogP contribution in [0.4, 0.5) is 10.5 Å². The number of nitrogens with one attached hydrogen (secondary N) is 2. The largest absolute Gasteiger partial charge is 0.459 e. The van der Waals surface area contributed by atoms with Crippen molar-refractivity contribution in [2.75, 3.05) is 0 Å². The number of rotatable bonds is 12. The maximum Gasteiger partial charge on any atom is 0.408 e. The fourth-order valence-corrected chi connectivity index (χ4v) is 2.81. The van der Waals surface area contributed by atoms with Crippen molar-refractivity contribution >= 4 is 29.6 Å². The maximum absolute atomic E-state index is 12.5. The van der Waals surface area contributed by atoms with Crippen molar-refractivity contribution in [3.8, 4) is 0 Å². The summed E-state index contributed by atoms with van der Waals surface area (Å²) >= 11 is 0. The Morgan fingerprint density at radius 1 is 0.943 bits per heavy atom. The quantitative estimate of drug-likeness (QED) is 0.230. The SMILES string of the molecule is C[C@@H](NC(=O)OCc1ccccc1)C(=O)N[C@@H](CCC(N)=O)C(=O)OCc1ccc([N+](=O)[O-])cc1. The van der Waals surface area contributed by atoms with E-state index >= 15 is 0 Å². The van der Waals surface area contributed by atoms with Crippen molar-refractivity contribution in [2.24, 2.45) is 5.73 Å². The first-order valence-corrected chi connectivity index (χ1v) is 10.6. The number of amides is 3. The number of primary amides is 1. The summed E-state index contributed by atoms with van der Waals surface area (Å²) in [5.41, 5.74) is 6.29. The average molecular weight is 486 g/mol. The van der Waals surface area contributed by atoms with Crippen LogP contribution < -0.4 is 16.4 Å². The average Bonchev–Trinajstić information content (AvgIpc) is 2.84. The van der Waals surface area contributed by atoms with Crippen molar-refractivity contribution in [3.05, 3.63) is 75.8 Å². The number of benzene rings is 2. The second-order valence-electron chi connectivity index (χ2n) is 7.53. The summed E-state index contributed by atoms with van der Waals surface area (Å²) in [6.45, 7) is 1.20. The smallest absolute Gasteiger partial charge is 0.408 e. The van der Waals surface area contributed by atoms with Gasteiger partial charge in [-0.15, -0.1) is 0 Å². The van der Waals surface area contributed by atoms with Crippen LogP contribution in [0.3, 0.4) is 0 Å². The van der Waals surface area contributed by atoms with Gasteiger partial charge in [0.15, 0.2) is 0 Å². The summed E-state index contributed by atoms with van der Waals surface area (Å²) in [6, 6.07) is 12.1. The third-order valence-electron chi connectivity index (χ3n) is 4.75. The molecule has 0 aliphatic heterocycles. The number of hydrogen-bond donors (Lipinski definition) is 3. The molecule has 0 aliphatic rings. The van der Waals surface area contributed by atoms with Gasteiger partial charge in [-0.1, -0.05) is 30.3 Å². The van der Waals surface area contributed by atoms with Gasteiger partial charge < -0.3 is 25.8 Å². The number of nitrogens with two attached hydrogens (primary N) is 1. The molecule has 186 valence electrons. The van der Waals surface area contributed by atoms with Crippen LogP contribution in [0, 0.1) is 10.1 Å². The van der Waals surface area contributed by atoms with E-state index in [9.17, 15) is 29.3 Å². The zero-order valence-electron chi connectivity index (χ0n) is 19.0. The molecule has 0 aromatic heterocycles. The van der Waals surface area contributed by atoms with Crippen LogP contribution in [0.2, 0.25) is 0 Å². The lowest BCUT2D eigenvalue weighted by Gasteiger charge is -2.20. The lowest BCUT2D eigenvalue weighted by atomic mass is 10.1. The number of carbonyl (C=O) groups is 4. The Labute approximate surface area is 200 Å². The summed E-state index contributed by atoms with van der Waals surface area (Å²) in [6.07, 6.45) is -1.14. The number of hydrogen-bond acceptors (Lipinski definition) is 8. The highest BCUT2D eigenvalue weighted by Gasteiger charge is 2.26. The van der Waals surface area contributed by atoms with Gasteiger partial charge in [-0.3, -0.25) is 19.7 Å². The van der Waals surface area contributed by atoms with Crippen LogP contribution in [0.1, 0.15) is 30.9 Å². The molecule has 0 unspecified atom stereocenters. The molecule has 0 bridgehead atoms. The fraction of sp³-hybridized carbons (Fsp3) is 0.304. The first-order chi connectivity index (χ1) is 16.7. The zero-order chi connectivity index (χ0) is 25.8. The summed E-state index contributed by atoms with van der Waals surface area (Å²) in [7, 11) is 0. The minimum Gasteiger partial charge on any atom is -0.459 e. The van der Waals surface area contributed by atoms with Crippen LogP contribution in [0.15, 0.2) is 54.6 Å². The third-order valence-corrected chi connectivity index (χ3v) is 4.75. The first kappa shape index (κ1) is 26.8. The number of nitrogens with zero attached hydrogens (tertiary/aromatic N) is 1. The van der Waals surface area contributed by atoms with E-state index in [1.807, 2.05) is 6.07 Å². The van der Waals surface area contributed by atoms with Crippen LogP contribution >= 0.6 is 0 Å². The monoisotopic (exact) mass is 486 g/mol. The third kappa shape index (κ3) is 9.50. The molecule has 4 N–H and O–H groups in total.